The molecule has 2 atom stereocenters. The molecule has 0 heterocycles. The number of allylic oxidation sites excluding steroid dienone is 10. The van der Waals surface area contributed by atoms with Gasteiger partial charge in [-0.2, -0.15) is 0 Å². The molecular weight excluding hydrogens is 335 g/mol. The molecule has 0 bridgehead atoms. The third-order valence-electron chi connectivity index (χ3n) is 6.94. The quantitative estimate of drug-likeness (QED) is 0.181. The van der Waals surface area contributed by atoms with E-state index in [-0.39, 0.29) is 5.41 Å². The van der Waals surface area contributed by atoms with Gasteiger partial charge in [0.25, 0.3) is 0 Å². The summed E-state index contributed by atoms with van der Waals surface area (Å²) >= 11 is 0. The van der Waals surface area contributed by atoms with Crippen molar-refractivity contribution >= 4 is 7.28 Å². The summed E-state index contributed by atoms with van der Waals surface area (Å²) in [6, 6.07) is 0. The molecule has 0 radical (unpaired) electrons. The highest BCUT2D eigenvalue weighted by molar-refractivity contribution is 6.55. The monoisotopic (exact) mass is 380 g/mol. The van der Waals surface area contributed by atoms with Crippen LogP contribution >= 0.6 is 0 Å². The molecule has 0 rings (SSSR count). The molecule has 2 unspecified atom stereocenters. The van der Waals surface area contributed by atoms with E-state index in [1.807, 2.05) is 0 Å². The summed E-state index contributed by atoms with van der Waals surface area (Å²) in [6.07, 6.45) is 14.4. The predicted octanol–water partition coefficient (Wildman–Crippen LogP) is 8.35. The lowest BCUT2D eigenvalue weighted by atomic mass is 9.55. The largest absolute Gasteiger partial charge is 0.187 e. The van der Waals surface area contributed by atoms with Gasteiger partial charge in [-0.25, -0.2) is 0 Å². The molecule has 0 aliphatic heterocycles. The maximum Gasteiger partial charge on any atom is 0.187 e. The third-order valence-corrected chi connectivity index (χ3v) is 6.94. The zero-order chi connectivity index (χ0) is 21.9. The van der Waals surface area contributed by atoms with Crippen LogP contribution in [-0.2, 0) is 0 Å². The smallest absolute Gasteiger partial charge is 0.102 e. The van der Waals surface area contributed by atoms with E-state index in [1.54, 1.807) is 0 Å². The van der Waals surface area contributed by atoms with Crippen LogP contribution in [0.4, 0.5) is 0 Å². The Hall–Kier alpha value is -1.50. The second-order valence-corrected chi connectivity index (χ2v) is 8.51. The van der Waals surface area contributed by atoms with Crippen molar-refractivity contribution in [2.24, 2.45) is 17.3 Å². The summed E-state index contributed by atoms with van der Waals surface area (Å²) in [7, 11) is 0.968. The molecule has 28 heavy (non-hydrogen) atoms. The maximum absolute atomic E-state index is 4.35. The van der Waals surface area contributed by atoms with Gasteiger partial charge in [-0.3, -0.25) is 0 Å². The van der Waals surface area contributed by atoms with Crippen molar-refractivity contribution in [3.05, 3.63) is 71.2 Å². The van der Waals surface area contributed by atoms with Crippen LogP contribution in [0.25, 0.3) is 0 Å². The van der Waals surface area contributed by atoms with Crippen LogP contribution in [0.3, 0.4) is 0 Å². The first-order valence-corrected chi connectivity index (χ1v) is 11.1. The summed E-state index contributed by atoms with van der Waals surface area (Å²) < 4.78 is 0. The van der Waals surface area contributed by atoms with Crippen molar-refractivity contribution in [3.8, 4) is 0 Å². The molecule has 0 saturated carbocycles. The Morgan fingerprint density at radius 1 is 1.11 bits per heavy atom. The van der Waals surface area contributed by atoms with Gasteiger partial charge in [-0.15, -0.1) is 6.58 Å². The van der Waals surface area contributed by atoms with Gasteiger partial charge < -0.3 is 0 Å². The van der Waals surface area contributed by atoms with E-state index in [0.29, 0.717) is 11.8 Å². The summed E-state index contributed by atoms with van der Waals surface area (Å²) in [4.78, 5) is 0. The molecule has 0 aliphatic rings. The highest BCUT2D eigenvalue weighted by Crippen LogP contribution is 2.35. The molecule has 0 aromatic heterocycles. The van der Waals surface area contributed by atoms with Crippen molar-refractivity contribution in [1.82, 2.24) is 0 Å². The minimum Gasteiger partial charge on any atom is -0.102 e. The zero-order valence-corrected chi connectivity index (χ0v) is 20.3. The van der Waals surface area contributed by atoms with Gasteiger partial charge in [0.15, 0.2) is 7.28 Å². The molecule has 0 fully saturated rings. The lowest BCUT2D eigenvalue weighted by molar-refractivity contribution is 0.368. The average Bonchev–Trinajstić information content (AvgIpc) is 2.72. The molecule has 0 spiro atoms. The molecule has 0 amide bonds. The van der Waals surface area contributed by atoms with E-state index in [4.69, 9.17) is 0 Å². The Labute approximate surface area is 177 Å². The molecule has 0 nitrogen and oxygen atoms in total. The standard InChI is InChI=1S/C27H45B/c1-12-17-18-25(19-22(8)27(11,15-4)16-5)28-26(23(9)20(6)13-2)24(10)21(7)14-3/h12-13,17-20,24,28H,2,7,14-16H2,1,3-6,8-11H3/b17-12-,22-19+,25-18+,26-23+. The third kappa shape index (κ3) is 7.49. The molecule has 1 heteroatoms. The SMILES string of the molecule is C=CC(C)/C(C)=C(/BC(=C/C=C\C)/C=C(\C)C(C)(CC)CC)C(C)C(=C)CC. The van der Waals surface area contributed by atoms with Gasteiger partial charge in [0.05, 0.1) is 0 Å². The topological polar surface area (TPSA) is 0 Å². The van der Waals surface area contributed by atoms with Crippen LogP contribution in [0.1, 0.15) is 81.6 Å². The molecule has 0 N–H and O–H groups in total. The fourth-order valence-electron chi connectivity index (χ4n) is 3.51. The van der Waals surface area contributed by atoms with Crippen molar-refractivity contribution in [2.45, 2.75) is 81.6 Å². The first kappa shape index (κ1) is 26.5. The van der Waals surface area contributed by atoms with Crippen LogP contribution in [0.5, 0.6) is 0 Å². The Morgan fingerprint density at radius 2 is 1.68 bits per heavy atom. The summed E-state index contributed by atoms with van der Waals surface area (Å²) in [6.45, 7) is 28.8. The van der Waals surface area contributed by atoms with E-state index >= 15 is 0 Å². The van der Waals surface area contributed by atoms with Gasteiger partial charge in [-0.05, 0) is 57.3 Å². The van der Waals surface area contributed by atoms with Crippen LogP contribution in [0.2, 0.25) is 0 Å². The van der Waals surface area contributed by atoms with Crippen LogP contribution in [0.15, 0.2) is 71.2 Å². The lowest BCUT2D eigenvalue weighted by Gasteiger charge is -2.29. The zero-order valence-electron chi connectivity index (χ0n) is 20.3. The highest BCUT2D eigenvalue weighted by atomic mass is 14.3. The first-order chi connectivity index (χ1) is 13.1. The van der Waals surface area contributed by atoms with Crippen molar-refractivity contribution in [3.63, 3.8) is 0 Å². The average molecular weight is 380 g/mol. The molecule has 0 saturated heterocycles. The Kier molecular flexibility index (Phi) is 12.2. The number of rotatable bonds is 12. The van der Waals surface area contributed by atoms with Crippen molar-refractivity contribution in [2.75, 3.05) is 0 Å². The minimum absolute atomic E-state index is 0.265. The fraction of sp³-hybridized carbons (Fsp3) is 0.556. The predicted molar refractivity (Wildman–Crippen MR) is 133 cm³/mol. The van der Waals surface area contributed by atoms with Gasteiger partial charge in [0, 0.05) is 0 Å². The highest BCUT2D eigenvalue weighted by Gasteiger charge is 2.23. The van der Waals surface area contributed by atoms with E-state index in [9.17, 15) is 0 Å². The fourth-order valence-corrected chi connectivity index (χ4v) is 3.51. The van der Waals surface area contributed by atoms with Crippen molar-refractivity contribution in [1.29, 1.82) is 0 Å². The minimum atomic E-state index is 0.265. The molecule has 0 aromatic rings. The van der Waals surface area contributed by atoms with E-state index < -0.39 is 0 Å². The molecular formula is C27H45B. The molecule has 156 valence electrons. The Morgan fingerprint density at radius 3 is 2.11 bits per heavy atom. The maximum atomic E-state index is 4.35. The van der Waals surface area contributed by atoms with Crippen molar-refractivity contribution < 1.29 is 0 Å². The van der Waals surface area contributed by atoms with Gasteiger partial charge in [0.1, 0.15) is 0 Å². The lowest BCUT2D eigenvalue weighted by Crippen LogP contribution is -2.18. The number of hydrogen-bond donors (Lipinski definition) is 0. The second kappa shape index (κ2) is 12.9. The Bertz CT molecular complexity index is 635. The van der Waals surface area contributed by atoms with E-state index in [2.05, 4.69) is 106 Å². The first-order valence-electron chi connectivity index (χ1n) is 11.1. The van der Waals surface area contributed by atoms with Gasteiger partial charge in [0.2, 0.25) is 0 Å². The van der Waals surface area contributed by atoms with E-state index in [0.717, 1.165) is 13.7 Å². The van der Waals surface area contributed by atoms with Gasteiger partial charge >= 0.3 is 0 Å². The summed E-state index contributed by atoms with van der Waals surface area (Å²) in [5, 5.41) is 0. The molecule has 0 aromatic carbocycles. The normalized spacial score (nSPS) is 16.6. The summed E-state index contributed by atoms with van der Waals surface area (Å²) in [5.74, 6) is 0.769. The van der Waals surface area contributed by atoms with Gasteiger partial charge in [-0.1, -0.05) is 106 Å². The second-order valence-electron chi connectivity index (χ2n) is 8.51. The van der Waals surface area contributed by atoms with Crippen LogP contribution in [0, 0.1) is 17.3 Å². The Balaban J connectivity index is 6.29. The number of hydrogen-bond acceptors (Lipinski definition) is 0. The van der Waals surface area contributed by atoms with E-state index in [1.165, 1.54) is 40.5 Å². The molecule has 0 aliphatic carbocycles. The van der Waals surface area contributed by atoms with Crippen LogP contribution < -0.4 is 0 Å². The van der Waals surface area contributed by atoms with Crippen LogP contribution in [-0.4, -0.2) is 7.28 Å². The summed E-state index contributed by atoms with van der Waals surface area (Å²) in [5.41, 5.74) is 7.36.